The normalized spacial score (nSPS) is 13.6. The Bertz CT molecular complexity index is 1570. The van der Waals surface area contributed by atoms with Crippen molar-refractivity contribution in [2.24, 2.45) is 0 Å². The maximum absolute atomic E-state index is 13.3. The van der Waals surface area contributed by atoms with E-state index in [2.05, 4.69) is 45.6 Å². The summed E-state index contributed by atoms with van der Waals surface area (Å²) in [6.07, 6.45) is 3.64. The van der Waals surface area contributed by atoms with E-state index < -0.39 is 0 Å². The lowest BCUT2D eigenvalue weighted by atomic mass is 9.96. The number of pyridine rings is 3. The van der Waals surface area contributed by atoms with Gasteiger partial charge in [-0.05, 0) is 74.2 Å². The number of carbonyl (C=O) groups excluding carboxylic acids is 1. The summed E-state index contributed by atoms with van der Waals surface area (Å²) in [4.78, 5) is 40.6. The van der Waals surface area contributed by atoms with E-state index in [4.69, 9.17) is 9.97 Å². The molecule has 8 heteroatoms. The fourth-order valence-corrected chi connectivity index (χ4v) is 5.40. The lowest BCUT2D eigenvalue weighted by Crippen LogP contribution is -2.43. The van der Waals surface area contributed by atoms with Gasteiger partial charge in [-0.15, -0.1) is 0 Å². The topological polar surface area (TPSA) is 103 Å². The van der Waals surface area contributed by atoms with Gasteiger partial charge >= 0.3 is 0 Å². The van der Waals surface area contributed by atoms with E-state index in [1.54, 1.807) is 0 Å². The number of piperazine rings is 1. The number of aromatic nitrogens is 3. The second-order valence-electron chi connectivity index (χ2n) is 10.3. The van der Waals surface area contributed by atoms with E-state index in [1.165, 1.54) is 0 Å². The van der Waals surface area contributed by atoms with Gasteiger partial charge in [0, 0.05) is 72.4 Å². The van der Waals surface area contributed by atoms with Crippen molar-refractivity contribution in [3.8, 4) is 11.1 Å². The van der Waals surface area contributed by atoms with Crippen LogP contribution >= 0.6 is 0 Å². The third kappa shape index (κ3) is 5.56. The largest absolute Gasteiger partial charge is 0.354 e. The Hall–Kier alpha value is -4.04. The fraction of sp³-hybridized carbons (Fsp3) is 0.355. The summed E-state index contributed by atoms with van der Waals surface area (Å²) in [5, 5.41) is 7.32. The molecule has 0 saturated carbocycles. The van der Waals surface area contributed by atoms with Crippen LogP contribution in [0.25, 0.3) is 22.0 Å². The average molecular weight is 525 g/mol. The van der Waals surface area contributed by atoms with Crippen molar-refractivity contribution in [3.63, 3.8) is 0 Å². The fourth-order valence-electron chi connectivity index (χ4n) is 5.40. The van der Waals surface area contributed by atoms with Crippen molar-refractivity contribution < 1.29 is 4.79 Å². The molecule has 3 aromatic heterocycles. The summed E-state index contributed by atoms with van der Waals surface area (Å²) in [6.45, 7) is 11.9. The molecule has 1 saturated heterocycles. The van der Waals surface area contributed by atoms with Gasteiger partial charge in [0.05, 0.1) is 5.52 Å². The smallest absolute Gasteiger partial charge is 0.253 e. The minimum absolute atomic E-state index is 0.146. The predicted molar refractivity (Wildman–Crippen MR) is 156 cm³/mol. The number of amides is 1. The molecule has 8 nitrogen and oxygen atoms in total. The van der Waals surface area contributed by atoms with Crippen LogP contribution in [0.5, 0.6) is 0 Å². The van der Waals surface area contributed by atoms with E-state index in [1.807, 2.05) is 45.2 Å². The van der Waals surface area contributed by atoms with E-state index in [0.29, 0.717) is 11.1 Å². The maximum atomic E-state index is 13.3. The van der Waals surface area contributed by atoms with Crippen molar-refractivity contribution >= 4 is 22.6 Å². The van der Waals surface area contributed by atoms with Gasteiger partial charge in [0.2, 0.25) is 0 Å². The number of hydrogen-bond donors (Lipinski definition) is 3. The molecular formula is C31H36N6O2. The highest BCUT2D eigenvalue weighted by atomic mass is 16.1. The summed E-state index contributed by atoms with van der Waals surface area (Å²) in [7, 11) is 0. The molecule has 4 heterocycles. The Morgan fingerprint density at radius 1 is 1.08 bits per heavy atom. The number of fused-ring (bicyclic) bond motifs is 1. The summed E-state index contributed by atoms with van der Waals surface area (Å²) in [6, 6.07) is 12.1. The lowest BCUT2D eigenvalue weighted by molar-refractivity contribution is 0.0950. The summed E-state index contributed by atoms with van der Waals surface area (Å²) in [5.74, 6) is 0.767. The molecule has 0 unspecified atom stereocenters. The number of nitrogens with zero attached hydrogens (tertiary/aromatic N) is 3. The number of hydrogen-bond acceptors (Lipinski definition) is 6. The predicted octanol–water partition coefficient (Wildman–Crippen LogP) is 4.20. The molecular weight excluding hydrogens is 488 g/mol. The van der Waals surface area contributed by atoms with Crippen LogP contribution in [0.4, 0.5) is 5.82 Å². The molecule has 202 valence electrons. The van der Waals surface area contributed by atoms with Crippen molar-refractivity contribution in [2.75, 3.05) is 31.1 Å². The first-order valence-corrected chi connectivity index (χ1v) is 13.7. The molecule has 3 N–H and O–H groups in total. The monoisotopic (exact) mass is 524 g/mol. The van der Waals surface area contributed by atoms with Crippen molar-refractivity contribution in [1.29, 1.82) is 0 Å². The van der Waals surface area contributed by atoms with Crippen LogP contribution in [-0.2, 0) is 13.0 Å². The molecule has 39 heavy (non-hydrogen) atoms. The number of rotatable bonds is 7. The highest BCUT2D eigenvalue weighted by Crippen LogP contribution is 2.32. The van der Waals surface area contributed by atoms with Crippen LogP contribution < -0.4 is 21.1 Å². The van der Waals surface area contributed by atoms with Gasteiger partial charge in [0.1, 0.15) is 5.82 Å². The van der Waals surface area contributed by atoms with Crippen LogP contribution in [-0.4, -0.2) is 47.0 Å². The zero-order chi connectivity index (χ0) is 27.5. The average Bonchev–Trinajstić information content (AvgIpc) is 2.93. The molecule has 0 bridgehead atoms. The van der Waals surface area contributed by atoms with Gasteiger partial charge in [-0.2, -0.15) is 0 Å². The minimum Gasteiger partial charge on any atom is -0.354 e. The number of carbonyl (C=O) groups is 1. The number of benzene rings is 1. The van der Waals surface area contributed by atoms with Gasteiger partial charge in [0.15, 0.2) is 0 Å². The molecule has 1 aliphatic rings. The molecule has 4 aromatic rings. The molecule has 1 aromatic carbocycles. The van der Waals surface area contributed by atoms with Crippen LogP contribution in [0.15, 0.2) is 47.4 Å². The molecule has 1 amide bonds. The summed E-state index contributed by atoms with van der Waals surface area (Å²) >= 11 is 0. The highest BCUT2D eigenvalue weighted by molar-refractivity contribution is 6.04. The van der Waals surface area contributed by atoms with Crippen molar-refractivity contribution in [1.82, 2.24) is 25.6 Å². The van der Waals surface area contributed by atoms with Crippen molar-refractivity contribution in [3.05, 3.63) is 86.6 Å². The number of nitrogens with one attached hydrogen (secondary N) is 3. The molecule has 1 aliphatic heterocycles. The van der Waals surface area contributed by atoms with Gasteiger partial charge in [-0.25, -0.2) is 4.98 Å². The molecule has 0 aliphatic carbocycles. The van der Waals surface area contributed by atoms with E-state index >= 15 is 0 Å². The summed E-state index contributed by atoms with van der Waals surface area (Å²) in [5.41, 5.74) is 7.37. The molecule has 0 spiro atoms. The lowest BCUT2D eigenvalue weighted by Gasteiger charge is -2.28. The van der Waals surface area contributed by atoms with E-state index in [9.17, 15) is 9.59 Å². The number of anilines is 1. The highest BCUT2D eigenvalue weighted by Gasteiger charge is 2.18. The first-order valence-electron chi connectivity index (χ1n) is 13.7. The maximum Gasteiger partial charge on any atom is 0.253 e. The third-order valence-electron chi connectivity index (χ3n) is 7.42. The van der Waals surface area contributed by atoms with Gasteiger partial charge in [-0.3, -0.25) is 14.6 Å². The van der Waals surface area contributed by atoms with Crippen LogP contribution in [0.2, 0.25) is 0 Å². The Balaban J connectivity index is 1.43. The van der Waals surface area contributed by atoms with Crippen LogP contribution in [0.3, 0.4) is 0 Å². The number of aromatic amines is 1. The molecule has 1 fully saturated rings. The molecule has 0 radical (unpaired) electrons. The second kappa shape index (κ2) is 11.4. The van der Waals surface area contributed by atoms with Gasteiger partial charge < -0.3 is 20.5 Å². The van der Waals surface area contributed by atoms with Crippen molar-refractivity contribution in [2.45, 2.75) is 47.1 Å². The Labute approximate surface area is 228 Å². The Kier molecular flexibility index (Phi) is 7.74. The van der Waals surface area contributed by atoms with E-state index in [-0.39, 0.29) is 18.0 Å². The summed E-state index contributed by atoms with van der Waals surface area (Å²) < 4.78 is 0. The standard InChI is InChI=1S/C31H36N6O2/c1-5-6-22-15-19(2)36-31(39)27(22)18-34-30(38)24-8-9-25-26(16-20(3)35-29(25)21(24)4)23-7-10-28(33-17-23)37-13-11-32-12-14-37/h7-10,15-17,32H,5-6,11-14,18H2,1-4H3,(H,34,38)(H,36,39). The van der Waals surface area contributed by atoms with Crippen LogP contribution in [0.1, 0.15) is 51.8 Å². The Morgan fingerprint density at radius 3 is 2.59 bits per heavy atom. The van der Waals surface area contributed by atoms with Gasteiger partial charge in [-0.1, -0.05) is 19.4 Å². The number of aryl methyl sites for hydroxylation is 4. The first-order chi connectivity index (χ1) is 18.9. The molecule has 5 rings (SSSR count). The van der Waals surface area contributed by atoms with E-state index in [0.717, 1.165) is 89.4 Å². The Morgan fingerprint density at radius 2 is 1.87 bits per heavy atom. The zero-order valence-corrected chi connectivity index (χ0v) is 23.1. The van der Waals surface area contributed by atoms with Gasteiger partial charge in [0.25, 0.3) is 11.5 Å². The SMILES string of the molecule is CCCc1cc(C)[nH]c(=O)c1CNC(=O)c1ccc2c(-c3ccc(N4CCNCC4)nc3)cc(C)nc2c1C. The minimum atomic E-state index is -0.219. The molecule has 0 atom stereocenters. The quantitative estimate of drug-likeness (QED) is 0.335. The third-order valence-corrected chi connectivity index (χ3v) is 7.42. The first kappa shape index (κ1) is 26.6. The van der Waals surface area contributed by atoms with Crippen LogP contribution in [0, 0.1) is 20.8 Å². The second-order valence-corrected chi connectivity index (χ2v) is 10.3. The zero-order valence-electron chi connectivity index (χ0n) is 23.1. The number of H-pyrrole nitrogens is 1.